The van der Waals surface area contributed by atoms with Crippen LogP contribution in [-0.4, -0.2) is 28.5 Å². The highest BCUT2D eigenvalue weighted by molar-refractivity contribution is 5.98. The van der Waals surface area contributed by atoms with Gasteiger partial charge in [-0.3, -0.25) is 14.3 Å². The van der Waals surface area contributed by atoms with Crippen molar-refractivity contribution in [2.45, 2.75) is 26.3 Å². The number of amides is 1. The van der Waals surface area contributed by atoms with Crippen molar-refractivity contribution in [1.82, 2.24) is 15.1 Å². The number of rotatable bonds is 6. The first-order chi connectivity index (χ1) is 10.2. The van der Waals surface area contributed by atoms with Gasteiger partial charge in [-0.1, -0.05) is 37.3 Å². The second-order valence-corrected chi connectivity index (χ2v) is 4.81. The van der Waals surface area contributed by atoms with Gasteiger partial charge in [0, 0.05) is 19.5 Å². The minimum atomic E-state index is -0.285. The molecule has 0 aliphatic heterocycles. The summed E-state index contributed by atoms with van der Waals surface area (Å²) in [5, 5.41) is 6.79. The van der Waals surface area contributed by atoms with E-state index in [1.807, 2.05) is 37.3 Å². The molecule has 5 nitrogen and oxygen atoms in total. The summed E-state index contributed by atoms with van der Waals surface area (Å²) >= 11 is 0. The van der Waals surface area contributed by atoms with Crippen molar-refractivity contribution >= 4 is 11.7 Å². The largest absolute Gasteiger partial charge is 0.354 e. The van der Waals surface area contributed by atoms with E-state index >= 15 is 0 Å². The molecule has 0 radical (unpaired) electrons. The number of nitrogens with zero attached hydrogens (tertiary/aromatic N) is 2. The second-order valence-electron chi connectivity index (χ2n) is 4.81. The van der Waals surface area contributed by atoms with E-state index in [4.69, 9.17) is 0 Å². The average molecular weight is 285 g/mol. The van der Waals surface area contributed by atoms with Crippen LogP contribution in [0.5, 0.6) is 0 Å². The number of hydrogen-bond acceptors (Lipinski definition) is 3. The predicted molar refractivity (Wildman–Crippen MR) is 80.4 cm³/mol. The lowest BCUT2D eigenvalue weighted by molar-refractivity contribution is 0.0954. The molecule has 0 saturated carbocycles. The van der Waals surface area contributed by atoms with Crippen molar-refractivity contribution in [3.8, 4) is 0 Å². The third-order valence-electron chi connectivity index (χ3n) is 3.18. The molecule has 0 aliphatic carbocycles. The van der Waals surface area contributed by atoms with Gasteiger partial charge in [-0.15, -0.1) is 0 Å². The number of ketones is 1. The Balaban J connectivity index is 2.35. The second kappa shape index (κ2) is 6.83. The number of aromatic nitrogens is 2. The lowest BCUT2D eigenvalue weighted by Crippen LogP contribution is -2.18. The van der Waals surface area contributed by atoms with Crippen LogP contribution in [0.2, 0.25) is 0 Å². The fourth-order valence-corrected chi connectivity index (χ4v) is 2.11. The van der Waals surface area contributed by atoms with Gasteiger partial charge >= 0.3 is 0 Å². The zero-order chi connectivity index (χ0) is 15.2. The van der Waals surface area contributed by atoms with E-state index in [0.717, 1.165) is 12.0 Å². The summed E-state index contributed by atoms with van der Waals surface area (Å²) in [7, 11) is 1.55. The van der Waals surface area contributed by atoms with E-state index in [2.05, 4.69) is 10.4 Å². The molecule has 1 heterocycles. The Labute approximate surface area is 124 Å². The number of carbonyl (C=O) groups excluding carboxylic acids is 2. The van der Waals surface area contributed by atoms with Crippen LogP contribution in [0.1, 0.15) is 46.3 Å². The number of carbonyl (C=O) groups is 2. The third kappa shape index (κ3) is 3.56. The fraction of sp³-hybridized carbons (Fsp3) is 0.312. The van der Waals surface area contributed by atoms with Crippen molar-refractivity contribution < 1.29 is 9.59 Å². The van der Waals surface area contributed by atoms with E-state index in [0.29, 0.717) is 18.7 Å². The SMILES string of the molecule is CCCC(=O)c1cc(C(=O)NC)nn1Cc1ccccc1. The Hall–Kier alpha value is -2.43. The number of hydrogen-bond donors (Lipinski definition) is 1. The maximum absolute atomic E-state index is 12.2. The van der Waals surface area contributed by atoms with Crippen LogP contribution >= 0.6 is 0 Å². The van der Waals surface area contributed by atoms with Crippen LogP contribution in [0.3, 0.4) is 0 Å². The van der Waals surface area contributed by atoms with E-state index in [9.17, 15) is 9.59 Å². The van der Waals surface area contributed by atoms with Gasteiger partial charge in [-0.25, -0.2) is 0 Å². The highest BCUT2D eigenvalue weighted by Crippen LogP contribution is 2.12. The van der Waals surface area contributed by atoms with Crippen LogP contribution in [0.15, 0.2) is 36.4 Å². The molecule has 5 heteroatoms. The van der Waals surface area contributed by atoms with Crippen LogP contribution in [0.25, 0.3) is 0 Å². The monoisotopic (exact) mass is 285 g/mol. The first-order valence-corrected chi connectivity index (χ1v) is 7.02. The molecule has 1 aromatic carbocycles. The summed E-state index contributed by atoms with van der Waals surface area (Å²) in [5.74, 6) is -0.275. The van der Waals surface area contributed by atoms with E-state index in [-0.39, 0.29) is 17.4 Å². The van der Waals surface area contributed by atoms with Gasteiger partial charge in [0.2, 0.25) is 0 Å². The van der Waals surface area contributed by atoms with Gasteiger partial charge in [-0.05, 0) is 12.0 Å². The zero-order valence-corrected chi connectivity index (χ0v) is 12.3. The summed E-state index contributed by atoms with van der Waals surface area (Å²) in [6.07, 6.45) is 1.22. The maximum Gasteiger partial charge on any atom is 0.271 e. The Morgan fingerprint density at radius 2 is 1.95 bits per heavy atom. The topological polar surface area (TPSA) is 64.0 Å². The van der Waals surface area contributed by atoms with Gasteiger partial charge in [0.1, 0.15) is 5.69 Å². The minimum Gasteiger partial charge on any atom is -0.354 e. The standard InChI is InChI=1S/C16H19N3O2/c1-3-7-15(20)14-10-13(16(21)17-2)18-19(14)11-12-8-5-4-6-9-12/h4-6,8-10H,3,7,11H2,1-2H3,(H,17,21). The summed E-state index contributed by atoms with van der Waals surface area (Å²) in [5.41, 5.74) is 1.79. The Kier molecular flexibility index (Phi) is 4.87. The molecular formula is C16H19N3O2. The smallest absolute Gasteiger partial charge is 0.271 e. The fourth-order valence-electron chi connectivity index (χ4n) is 2.11. The molecule has 0 unspecified atom stereocenters. The van der Waals surface area contributed by atoms with Gasteiger partial charge in [-0.2, -0.15) is 5.10 Å². The van der Waals surface area contributed by atoms with Gasteiger partial charge < -0.3 is 5.32 Å². The molecule has 1 amide bonds. The maximum atomic E-state index is 12.2. The van der Waals surface area contributed by atoms with Crippen molar-refractivity contribution in [3.63, 3.8) is 0 Å². The predicted octanol–water partition coefficient (Wildman–Crippen LogP) is 2.27. The highest BCUT2D eigenvalue weighted by Gasteiger charge is 2.18. The minimum absolute atomic E-state index is 0.0103. The van der Waals surface area contributed by atoms with Crippen molar-refractivity contribution in [3.05, 3.63) is 53.3 Å². The van der Waals surface area contributed by atoms with Crippen LogP contribution in [-0.2, 0) is 6.54 Å². The van der Waals surface area contributed by atoms with Gasteiger partial charge in [0.05, 0.1) is 6.54 Å². The van der Waals surface area contributed by atoms with Gasteiger partial charge in [0.15, 0.2) is 11.5 Å². The lowest BCUT2D eigenvalue weighted by Gasteiger charge is -2.06. The number of benzene rings is 1. The first kappa shape index (κ1) is 15.0. The number of nitrogens with one attached hydrogen (secondary N) is 1. The van der Waals surface area contributed by atoms with E-state index in [1.54, 1.807) is 17.8 Å². The van der Waals surface area contributed by atoms with Crippen molar-refractivity contribution in [2.24, 2.45) is 0 Å². The molecule has 0 fully saturated rings. The molecule has 21 heavy (non-hydrogen) atoms. The molecule has 0 atom stereocenters. The van der Waals surface area contributed by atoms with Crippen LogP contribution in [0.4, 0.5) is 0 Å². The first-order valence-electron chi connectivity index (χ1n) is 7.02. The Morgan fingerprint density at radius 3 is 2.57 bits per heavy atom. The molecule has 0 saturated heterocycles. The molecule has 1 aromatic heterocycles. The molecule has 1 N–H and O–H groups in total. The molecule has 0 bridgehead atoms. The summed E-state index contributed by atoms with van der Waals surface area (Å²) in [6.45, 7) is 2.43. The summed E-state index contributed by atoms with van der Waals surface area (Å²) in [6, 6.07) is 11.3. The average Bonchev–Trinajstić information content (AvgIpc) is 2.91. The van der Waals surface area contributed by atoms with Gasteiger partial charge in [0.25, 0.3) is 5.91 Å². The highest BCUT2D eigenvalue weighted by atomic mass is 16.2. The molecule has 2 rings (SSSR count). The molecule has 0 spiro atoms. The molecule has 110 valence electrons. The number of Topliss-reactive ketones (excluding diaryl/α,β-unsaturated/α-hetero) is 1. The Bertz CT molecular complexity index is 632. The summed E-state index contributed by atoms with van der Waals surface area (Å²) < 4.78 is 1.61. The summed E-state index contributed by atoms with van der Waals surface area (Å²) in [4.78, 5) is 23.9. The lowest BCUT2D eigenvalue weighted by atomic mass is 10.1. The quantitative estimate of drug-likeness (QED) is 0.828. The Morgan fingerprint density at radius 1 is 1.24 bits per heavy atom. The van der Waals surface area contributed by atoms with Crippen molar-refractivity contribution in [1.29, 1.82) is 0 Å². The van der Waals surface area contributed by atoms with Crippen LogP contribution < -0.4 is 5.32 Å². The third-order valence-corrected chi connectivity index (χ3v) is 3.18. The molecular weight excluding hydrogens is 266 g/mol. The zero-order valence-electron chi connectivity index (χ0n) is 12.3. The molecule has 2 aromatic rings. The normalized spacial score (nSPS) is 10.4. The van der Waals surface area contributed by atoms with E-state index in [1.165, 1.54) is 0 Å². The molecule has 0 aliphatic rings. The van der Waals surface area contributed by atoms with Crippen LogP contribution in [0, 0.1) is 0 Å². The van der Waals surface area contributed by atoms with Crippen molar-refractivity contribution in [2.75, 3.05) is 7.05 Å². The van der Waals surface area contributed by atoms with E-state index < -0.39 is 0 Å².